The number of nitro groups is 1. The van der Waals surface area contributed by atoms with Crippen molar-refractivity contribution in [3.63, 3.8) is 0 Å². The van der Waals surface area contributed by atoms with E-state index >= 15 is 0 Å². The number of nitrogens with zero attached hydrogens (tertiary/aromatic N) is 1. The number of nitro benzene ring substituents is 1. The van der Waals surface area contributed by atoms with E-state index in [-0.39, 0.29) is 10.6 Å². The Morgan fingerprint density at radius 1 is 1.30 bits per heavy atom. The Bertz CT molecular complexity index is 485. The van der Waals surface area contributed by atoms with Gasteiger partial charge in [-0.15, -0.1) is 0 Å². The highest BCUT2D eigenvalue weighted by Gasteiger charge is 2.29. The van der Waals surface area contributed by atoms with Gasteiger partial charge in [0, 0.05) is 12.1 Å². The van der Waals surface area contributed by atoms with Gasteiger partial charge in [0.2, 0.25) is 0 Å². The van der Waals surface area contributed by atoms with Gasteiger partial charge in [-0.05, 0) is 37.2 Å². The quantitative estimate of drug-likeness (QED) is 0.649. The van der Waals surface area contributed by atoms with Crippen LogP contribution in [0.3, 0.4) is 0 Å². The molecule has 0 aromatic heterocycles. The van der Waals surface area contributed by atoms with Crippen molar-refractivity contribution in [3.05, 3.63) is 33.9 Å². The first-order chi connectivity index (χ1) is 9.50. The molecule has 1 aromatic rings. The molecular formula is C16H24N2O2. The van der Waals surface area contributed by atoms with Gasteiger partial charge in [0.15, 0.2) is 0 Å². The first kappa shape index (κ1) is 14.8. The molecule has 2 atom stereocenters. The largest absolute Gasteiger partial charge is 0.376 e. The summed E-state index contributed by atoms with van der Waals surface area (Å²) in [7, 11) is 0. The maximum Gasteiger partial charge on any atom is 0.292 e. The SMILES string of the molecule is Cc1cccc([N+](=O)[O-])c1NC1CCCCC1C(C)C. The van der Waals surface area contributed by atoms with Gasteiger partial charge < -0.3 is 5.32 Å². The van der Waals surface area contributed by atoms with Crippen molar-refractivity contribution < 1.29 is 4.92 Å². The summed E-state index contributed by atoms with van der Waals surface area (Å²) in [6.45, 7) is 6.43. The van der Waals surface area contributed by atoms with E-state index in [1.807, 2.05) is 13.0 Å². The van der Waals surface area contributed by atoms with E-state index in [0.717, 1.165) is 12.0 Å². The highest BCUT2D eigenvalue weighted by Crippen LogP contribution is 2.35. The average molecular weight is 276 g/mol. The second-order valence-electron chi connectivity index (χ2n) is 6.17. The fourth-order valence-corrected chi connectivity index (χ4v) is 3.31. The summed E-state index contributed by atoms with van der Waals surface area (Å²) in [6, 6.07) is 5.62. The highest BCUT2D eigenvalue weighted by atomic mass is 16.6. The number of hydrogen-bond acceptors (Lipinski definition) is 3. The zero-order valence-electron chi connectivity index (χ0n) is 12.6. The van der Waals surface area contributed by atoms with E-state index in [1.165, 1.54) is 19.3 Å². The summed E-state index contributed by atoms with van der Waals surface area (Å²) in [4.78, 5) is 10.9. The Balaban J connectivity index is 2.26. The fourth-order valence-electron chi connectivity index (χ4n) is 3.31. The molecule has 0 bridgehead atoms. The van der Waals surface area contributed by atoms with Crippen LogP contribution in [0, 0.1) is 28.9 Å². The summed E-state index contributed by atoms with van der Waals surface area (Å²) in [5, 5.41) is 14.7. The van der Waals surface area contributed by atoms with E-state index in [2.05, 4.69) is 19.2 Å². The lowest BCUT2D eigenvalue weighted by atomic mass is 9.77. The molecule has 1 N–H and O–H groups in total. The Labute approximate surface area is 120 Å². The number of benzene rings is 1. The van der Waals surface area contributed by atoms with Crippen LogP contribution in [-0.4, -0.2) is 11.0 Å². The van der Waals surface area contributed by atoms with Crippen molar-refractivity contribution in [2.24, 2.45) is 11.8 Å². The molecule has 110 valence electrons. The van der Waals surface area contributed by atoms with Gasteiger partial charge >= 0.3 is 0 Å². The molecule has 2 unspecified atom stereocenters. The predicted molar refractivity (Wildman–Crippen MR) is 82.0 cm³/mol. The summed E-state index contributed by atoms with van der Waals surface area (Å²) < 4.78 is 0. The minimum Gasteiger partial charge on any atom is -0.376 e. The van der Waals surface area contributed by atoms with Crippen molar-refractivity contribution in [1.29, 1.82) is 0 Å². The molecule has 4 heteroatoms. The van der Waals surface area contributed by atoms with E-state index in [4.69, 9.17) is 0 Å². The van der Waals surface area contributed by atoms with Gasteiger partial charge in [0.25, 0.3) is 5.69 Å². The van der Waals surface area contributed by atoms with Crippen molar-refractivity contribution in [2.75, 3.05) is 5.32 Å². The zero-order valence-corrected chi connectivity index (χ0v) is 12.6. The standard InChI is InChI=1S/C16H24N2O2/c1-11(2)13-8-4-5-9-14(13)17-16-12(3)7-6-10-15(16)18(19)20/h6-7,10-11,13-14,17H,4-5,8-9H2,1-3H3. The summed E-state index contributed by atoms with van der Waals surface area (Å²) in [5.41, 5.74) is 1.85. The first-order valence-corrected chi connectivity index (χ1v) is 7.51. The van der Waals surface area contributed by atoms with Gasteiger partial charge in [-0.2, -0.15) is 0 Å². The molecule has 2 rings (SSSR count). The minimum atomic E-state index is -0.289. The molecule has 1 fully saturated rings. The molecule has 1 aliphatic carbocycles. The Kier molecular flexibility index (Phi) is 4.63. The molecule has 0 aliphatic heterocycles. The smallest absolute Gasteiger partial charge is 0.292 e. The second kappa shape index (κ2) is 6.25. The van der Waals surface area contributed by atoms with Gasteiger partial charge in [0.1, 0.15) is 5.69 Å². The van der Waals surface area contributed by atoms with E-state index in [0.29, 0.717) is 23.6 Å². The lowest BCUT2D eigenvalue weighted by Gasteiger charge is -2.35. The number of anilines is 1. The van der Waals surface area contributed by atoms with Gasteiger partial charge in [-0.3, -0.25) is 10.1 Å². The fraction of sp³-hybridized carbons (Fsp3) is 0.625. The first-order valence-electron chi connectivity index (χ1n) is 7.51. The Morgan fingerprint density at radius 2 is 2.00 bits per heavy atom. The molecule has 1 aliphatic rings. The van der Waals surface area contributed by atoms with Crippen LogP contribution in [0.25, 0.3) is 0 Å². The number of aryl methyl sites for hydroxylation is 1. The monoisotopic (exact) mass is 276 g/mol. The Morgan fingerprint density at radius 3 is 2.65 bits per heavy atom. The maximum absolute atomic E-state index is 11.2. The number of hydrogen-bond donors (Lipinski definition) is 1. The van der Waals surface area contributed by atoms with Crippen molar-refractivity contribution in [2.45, 2.75) is 52.5 Å². The van der Waals surface area contributed by atoms with Gasteiger partial charge in [-0.25, -0.2) is 0 Å². The lowest BCUT2D eigenvalue weighted by Crippen LogP contribution is -2.35. The van der Waals surface area contributed by atoms with Gasteiger partial charge in [-0.1, -0.05) is 38.8 Å². The van der Waals surface area contributed by atoms with Gasteiger partial charge in [0.05, 0.1) is 4.92 Å². The molecular weight excluding hydrogens is 252 g/mol. The van der Waals surface area contributed by atoms with Crippen LogP contribution >= 0.6 is 0 Å². The highest BCUT2D eigenvalue weighted by molar-refractivity contribution is 5.66. The molecule has 0 radical (unpaired) electrons. The van der Waals surface area contributed by atoms with Crippen LogP contribution in [0.2, 0.25) is 0 Å². The maximum atomic E-state index is 11.2. The van der Waals surface area contributed by atoms with Crippen molar-refractivity contribution >= 4 is 11.4 Å². The average Bonchev–Trinajstić information content (AvgIpc) is 2.41. The zero-order chi connectivity index (χ0) is 14.7. The van der Waals surface area contributed by atoms with Crippen molar-refractivity contribution in [1.82, 2.24) is 0 Å². The van der Waals surface area contributed by atoms with E-state index in [9.17, 15) is 10.1 Å². The van der Waals surface area contributed by atoms with Crippen LogP contribution in [0.5, 0.6) is 0 Å². The van der Waals surface area contributed by atoms with E-state index < -0.39 is 0 Å². The number of rotatable bonds is 4. The van der Waals surface area contributed by atoms with Crippen LogP contribution in [0.4, 0.5) is 11.4 Å². The summed E-state index contributed by atoms with van der Waals surface area (Å²) in [6.07, 6.45) is 4.81. The van der Waals surface area contributed by atoms with Crippen LogP contribution in [0.15, 0.2) is 18.2 Å². The molecule has 1 saturated carbocycles. The topological polar surface area (TPSA) is 55.2 Å². The predicted octanol–water partition coefficient (Wildman–Crippen LogP) is 4.53. The normalized spacial score (nSPS) is 22.8. The van der Waals surface area contributed by atoms with E-state index in [1.54, 1.807) is 12.1 Å². The third kappa shape index (κ3) is 3.11. The molecule has 0 amide bonds. The van der Waals surface area contributed by atoms with Crippen molar-refractivity contribution in [3.8, 4) is 0 Å². The molecule has 0 saturated heterocycles. The van der Waals surface area contributed by atoms with Crippen LogP contribution in [0.1, 0.15) is 45.1 Å². The molecule has 4 nitrogen and oxygen atoms in total. The third-order valence-electron chi connectivity index (χ3n) is 4.45. The molecule has 0 heterocycles. The lowest BCUT2D eigenvalue weighted by molar-refractivity contribution is -0.384. The van der Waals surface area contributed by atoms with Crippen LogP contribution in [-0.2, 0) is 0 Å². The Hall–Kier alpha value is -1.58. The molecule has 0 spiro atoms. The molecule has 20 heavy (non-hydrogen) atoms. The van der Waals surface area contributed by atoms with Crippen LogP contribution < -0.4 is 5.32 Å². The summed E-state index contributed by atoms with van der Waals surface area (Å²) in [5.74, 6) is 1.21. The minimum absolute atomic E-state index is 0.193. The second-order valence-corrected chi connectivity index (χ2v) is 6.17. The number of para-hydroxylation sites is 1. The summed E-state index contributed by atoms with van der Waals surface area (Å²) >= 11 is 0. The number of nitrogens with one attached hydrogen (secondary N) is 1. The molecule has 1 aromatic carbocycles. The third-order valence-corrected chi connectivity index (χ3v) is 4.45.